The molecule has 1 nitrogen and oxygen atoms in total. The Hall–Kier alpha value is -1.09. The molecule has 0 aliphatic carbocycles. The van der Waals surface area contributed by atoms with Crippen LogP contribution in [0.3, 0.4) is 0 Å². The molecule has 0 aliphatic rings. The highest BCUT2D eigenvalue weighted by molar-refractivity contribution is 6.33. The van der Waals surface area contributed by atoms with Crippen LogP contribution in [0.15, 0.2) is 42.5 Å². The third-order valence-corrected chi connectivity index (χ3v) is 3.28. The highest BCUT2D eigenvalue weighted by atomic mass is 35.5. The van der Waals surface area contributed by atoms with E-state index in [2.05, 4.69) is 0 Å². The van der Waals surface area contributed by atoms with Crippen LogP contribution >= 0.6 is 23.2 Å². The van der Waals surface area contributed by atoms with Gasteiger partial charge in [0, 0.05) is 16.5 Å². The topological polar surface area (TPSA) is 20.2 Å². The van der Waals surface area contributed by atoms with Crippen LogP contribution in [-0.4, -0.2) is 5.11 Å². The molecule has 0 aromatic heterocycles. The summed E-state index contributed by atoms with van der Waals surface area (Å²) in [4.78, 5) is 0. The van der Waals surface area contributed by atoms with Crippen molar-refractivity contribution in [3.63, 3.8) is 0 Å². The molecule has 0 fully saturated rings. The number of aliphatic hydroxyl groups is 1. The lowest BCUT2D eigenvalue weighted by Gasteiger charge is -2.12. The smallest absolute Gasteiger partial charge is 0.123 e. The van der Waals surface area contributed by atoms with Gasteiger partial charge in [0.05, 0.1) is 6.10 Å². The van der Waals surface area contributed by atoms with Gasteiger partial charge < -0.3 is 5.11 Å². The van der Waals surface area contributed by atoms with Crippen LogP contribution in [0, 0.1) is 5.82 Å². The van der Waals surface area contributed by atoms with Crippen molar-refractivity contribution in [3.05, 3.63) is 69.5 Å². The summed E-state index contributed by atoms with van der Waals surface area (Å²) in [6.07, 6.45) is -0.396. The van der Waals surface area contributed by atoms with Crippen molar-refractivity contribution >= 4 is 23.2 Å². The second kappa shape index (κ2) is 5.70. The third-order valence-electron chi connectivity index (χ3n) is 2.68. The maximum absolute atomic E-state index is 12.8. The highest BCUT2D eigenvalue weighted by Gasteiger charge is 2.11. The predicted octanol–water partition coefficient (Wildman–Crippen LogP) is 4.41. The van der Waals surface area contributed by atoms with Crippen molar-refractivity contribution in [2.24, 2.45) is 0 Å². The van der Waals surface area contributed by atoms with Gasteiger partial charge in [-0.05, 0) is 41.5 Å². The zero-order chi connectivity index (χ0) is 13.1. The van der Waals surface area contributed by atoms with Crippen molar-refractivity contribution in [1.29, 1.82) is 0 Å². The van der Waals surface area contributed by atoms with Crippen LogP contribution in [0.2, 0.25) is 10.0 Å². The van der Waals surface area contributed by atoms with Crippen LogP contribution in [0.25, 0.3) is 0 Å². The average Bonchev–Trinajstić information content (AvgIpc) is 2.34. The second-order valence-electron chi connectivity index (χ2n) is 4.01. The molecule has 2 aromatic carbocycles. The van der Waals surface area contributed by atoms with Gasteiger partial charge in [-0.3, -0.25) is 0 Å². The monoisotopic (exact) mass is 284 g/mol. The van der Waals surface area contributed by atoms with Gasteiger partial charge in [0.25, 0.3) is 0 Å². The maximum atomic E-state index is 12.8. The molecule has 4 heteroatoms. The first kappa shape index (κ1) is 13.3. The Morgan fingerprint density at radius 3 is 2.39 bits per heavy atom. The molecule has 0 bridgehead atoms. The van der Waals surface area contributed by atoms with E-state index in [9.17, 15) is 9.50 Å². The largest absolute Gasteiger partial charge is 0.388 e. The fourth-order valence-corrected chi connectivity index (χ4v) is 2.10. The predicted molar refractivity (Wildman–Crippen MR) is 71.5 cm³/mol. The Kier molecular flexibility index (Phi) is 4.23. The maximum Gasteiger partial charge on any atom is 0.123 e. The van der Waals surface area contributed by atoms with E-state index in [1.165, 1.54) is 12.1 Å². The molecule has 94 valence electrons. The molecule has 0 saturated heterocycles. The second-order valence-corrected chi connectivity index (χ2v) is 4.85. The Labute approximate surface area is 115 Å². The number of halogens is 3. The lowest BCUT2D eigenvalue weighted by atomic mass is 10.0. The van der Waals surface area contributed by atoms with Gasteiger partial charge in [-0.15, -0.1) is 0 Å². The first-order valence-electron chi connectivity index (χ1n) is 5.44. The summed E-state index contributed by atoms with van der Waals surface area (Å²) in [6.45, 7) is 0. The highest BCUT2D eigenvalue weighted by Crippen LogP contribution is 2.26. The summed E-state index contributed by atoms with van der Waals surface area (Å²) < 4.78 is 12.8. The van der Waals surface area contributed by atoms with Gasteiger partial charge in [-0.1, -0.05) is 35.3 Å². The molecule has 1 unspecified atom stereocenters. The molecule has 0 aliphatic heterocycles. The van der Waals surface area contributed by atoms with Crippen molar-refractivity contribution in [1.82, 2.24) is 0 Å². The zero-order valence-electron chi connectivity index (χ0n) is 9.41. The quantitative estimate of drug-likeness (QED) is 0.885. The van der Waals surface area contributed by atoms with Gasteiger partial charge >= 0.3 is 0 Å². The Morgan fingerprint density at radius 1 is 1.06 bits per heavy atom. The number of hydrogen-bond donors (Lipinski definition) is 1. The molecule has 1 atom stereocenters. The van der Waals surface area contributed by atoms with Gasteiger partial charge in [-0.25, -0.2) is 4.39 Å². The Morgan fingerprint density at radius 2 is 1.72 bits per heavy atom. The standard InChI is InChI=1S/C14H11Cl2FO/c15-11-3-6-13(16)10(7-11)8-14(18)9-1-4-12(17)5-2-9/h1-7,14,18H,8H2. The van der Waals surface area contributed by atoms with E-state index >= 15 is 0 Å². The summed E-state index contributed by atoms with van der Waals surface area (Å²) in [5.41, 5.74) is 1.41. The lowest BCUT2D eigenvalue weighted by molar-refractivity contribution is 0.178. The number of benzene rings is 2. The molecule has 0 radical (unpaired) electrons. The SMILES string of the molecule is OC(Cc1cc(Cl)ccc1Cl)c1ccc(F)cc1. The minimum absolute atomic E-state index is 0.327. The Bertz CT molecular complexity index is 540. The minimum atomic E-state index is -0.735. The van der Waals surface area contributed by atoms with Gasteiger partial charge in [0.15, 0.2) is 0 Å². The summed E-state index contributed by atoms with van der Waals surface area (Å²) in [5.74, 6) is -0.327. The zero-order valence-corrected chi connectivity index (χ0v) is 10.9. The van der Waals surface area contributed by atoms with Crippen LogP contribution < -0.4 is 0 Å². The molecule has 2 aromatic rings. The third kappa shape index (κ3) is 3.22. The van der Waals surface area contributed by atoms with Crippen molar-refractivity contribution in [2.75, 3.05) is 0 Å². The molecular weight excluding hydrogens is 274 g/mol. The van der Waals surface area contributed by atoms with E-state index in [0.29, 0.717) is 22.0 Å². The van der Waals surface area contributed by atoms with E-state index in [-0.39, 0.29) is 5.82 Å². The number of aliphatic hydroxyl groups excluding tert-OH is 1. The van der Waals surface area contributed by atoms with E-state index in [1.807, 2.05) is 0 Å². The number of rotatable bonds is 3. The van der Waals surface area contributed by atoms with Crippen molar-refractivity contribution in [3.8, 4) is 0 Å². The molecule has 2 rings (SSSR count). The van der Waals surface area contributed by atoms with Gasteiger partial charge in [0.2, 0.25) is 0 Å². The fraction of sp³-hybridized carbons (Fsp3) is 0.143. The van der Waals surface area contributed by atoms with Crippen LogP contribution in [-0.2, 0) is 6.42 Å². The van der Waals surface area contributed by atoms with E-state index in [4.69, 9.17) is 23.2 Å². The molecule has 0 heterocycles. The van der Waals surface area contributed by atoms with E-state index < -0.39 is 6.10 Å². The minimum Gasteiger partial charge on any atom is -0.388 e. The van der Waals surface area contributed by atoms with Crippen molar-refractivity contribution in [2.45, 2.75) is 12.5 Å². The van der Waals surface area contributed by atoms with Crippen LogP contribution in [0.4, 0.5) is 4.39 Å². The average molecular weight is 285 g/mol. The van der Waals surface area contributed by atoms with Gasteiger partial charge in [0.1, 0.15) is 5.82 Å². The normalized spacial score (nSPS) is 12.4. The van der Waals surface area contributed by atoms with Crippen LogP contribution in [0.1, 0.15) is 17.2 Å². The summed E-state index contributed by atoms with van der Waals surface area (Å²) in [6, 6.07) is 10.8. The molecule has 18 heavy (non-hydrogen) atoms. The van der Waals surface area contributed by atoms with E-state index in [1.54, 1.807) is 30.3 Å². The molecule has 0 spiro atoms. The van der Waals surface area contributed by atoms with E-state index in [0.717, 1.165) is 5.56 Å². The summed E-state index contributed by atoms with van der Waals surface area (Å²) in [5, 5.41) is 11.2. The van der Waals surface area contributed by atoms with Gasteiger partial charge in [-0.2, -0.15) is 0 Å². The number of hydrogen-bond acceptors (Lipinski definition) is 1. The summed E-state index contributed by atoms with van der Waals surface area (Å²) >= 11 is 11.9. The first-order valence-corrected chi connectivity index (χ1v) is 6.19. The molecule has 0 saturated carbocycles. The molecular formula is C14H11Cl2FO. The van der Waals surface area contributed by atoms with Crippen LogP contribution in [0.5, 0.6) is 0 Å². The Balaban J connectivity index is 2.18. The fourth-order valence-electron chi connectivity index (χ4n) is 1.71. The molecule has 0 amide bonds. The summed E-state index contributed by atoms with van der Waals surface area (Å²) in [7, 11) is 0. The first-order chi connectivity index (χ1) is 8.56. The van der Waals surface area contributed by atoms with Crippen molar-refractivity contribution < 1.29 is 9.50 Å². The lowest BCUT2D eigenvalue weighted by Crippen LogP contribution is -2.02. The molecule has 1 N–H and O–H groups in total.